The Bertz CT molecular complexity index is 610. The van der Waals surface area contributed by atoms with E-state index in [1.54, 1.807) is 25.3 Å². The lowest BCUT2D eigenvalue weighted by Gasteiger charge is -2.32. The molecule has 1 aromatic rings. The van der Waals surface area contributed by atoms with Crippen LogP contribution in [0.4, 0.5) is 0 Å². The fourth-order valence-corrected chi connectivity index (χ4v) is 3.35. The Kier molecular flexibility index (Phi) is 7.91. The zero-order valence-corrected chi connectivity index (χ0v) is 16.0. The van der Waals surface area contributed by atoms with Crippen molar-refractivity contribution in [2.75, 3.05) is 40.9 Å². The van der Waals surface area contributed by atoms with E-state index < -0.39 is 0 Å². The fourth-order valence-electron chi connectivity index (χ4n) is 3.35. The van der Waals surface area contributed by atoms with Crippen LogP contribution in [0, 0.1) is 5.92 Å². The first-order valence-electron chi connectivity index (χ1n) is 9.26. The minimum atomic E-state index is -0.0526. The van der Waals surface area contributed by atoms with Crippen LogP contribution in [0.25, 0.3) is 0 Å². The van der Waals surface area contributed by atoms with E-state index in [1.165, 1.54) is 7.11 Å². The summed E-state index contributed by atoms with van der Waals surface area (Å²) in [5, 5.41) is 3.18. The number of benzene rings is 1. The number of methoxy groups -OCH3 is 2. The second-order valence-electron chi connectivity index (χ2n) is 6.71. The lowest BCUT2D eigenvalue weighted by molar-refractivity contribution is -0.132. The molecule has 1 N–H and O–H groups in total. The molecule has 0 radical (unpaired) electrons. The van der Waals surface area contributed by atoms with Gasteiger partial charge < -0.3 is 19.7 Å². The van der Waals surface area contributed by atoms with E-state index in [0.29, 0.717) is 23.0 Å². The molecular weight excluding hydrogens is 332 g/mol. The molecule has 0 saturated carbocycles. The van der Waals surface area contributed by atoms with Crippen molar-refractivity contribution < 1.29 is 19.1 Å². The van der Waals surface area contributed by atoms with Gasteiger partial charge in [0.25, 0.3) is 0 Å². The van der Waals surface area contributed by atoms with Crippen LogP contribution in [0.5, 0.6) is 11.5 Å². The second-order valence-corrected chi connectivity index (χ2v) is 6.71. The zero-order valence-electron chi connectivity index (χ0n) is 16.0. The van der Waals surface area contributed by atoms with Gasteiger partial charge in [0.05, 0.1) is 14.2 Å². The number of ether oxygens (including phenoxy) is 2. The van der Waals surface area contributed by atoms with Crippen molar-refractivity contribution in [2.24, 2.45) is 5.92 Å². The molecule has 0 aromatic heterocycles. The van der Waals surface area contributed by atoms with Crippen LogP contribution in [-0.2, 0) is 4.79 Å². The first-order chi connectivity index (χ1) is 12.6. The molecule has 1 aliphatic heterocycles. The molecule has 1 aliphatic rings. The van der Waals surface area contributed by atoms with Gasteiger partial charge in [-0.25, -0.2) is 0 Å². The maximum atomic E-state index is 12.4. The lowest BCUT2D eigenvalue weighted by atomic mass is 9.93. The highest BCUT2D eigenvalue weighted by Crippen LogP contribution is 2.28. The molecule has 0 aliphatic carbocycles. The van der Waals surface area contributed by atoms with Crippen molar-refractivity contribution in [3.05, 3.63) is 23.8 Å². The summed E-state index contributed by atoms with van der Waals surface area (Å²) in [6.07, 6.45) is 3.74. The molecular formula is C20H30N2O4. The van der Waals surface area contributed by atoms with Crippen LogP contribution in [0.2, 0.25) is 0 Å². The minimum absolute atomic E-state index is 0.0526. The molecule has 0 spiro atoms. The summed E-state index contributed by atoms with van der Waals surface area (Å²) in [7, 11) is 5.06. The van der Waals surface area contributed by atoms with Crippen LogP contribution >= 0.6 is 0 Å². The molecule has 0 atom stereocenters. The maximum Gasteiger partial charge on any atom is 0.223 e. The SMILES string of the molecule is CNCCC1CCN(C(=O)CCC(=O)c2ccc(OC)c(OC)c2)CC1. The molecule has 1 amide bonds. The molecule has 0 bridgehead atoms. The summed E-state index contributed by atoms with van der Waals surface area (Å²) in [6.45, 7) is 2.63. The largest absolute Gasteiger partial charge is 0.493 e. The van der Waals surface area contributed by atoms with Crippen LogP contribution in [-0.4, -0.2) is 57.5 Å². The Morgan fingerprint density at radius 1 is 1.12 bits per heavy atom. The fraction of sp³-hybridized carbons (Fsp3) is 0.600. The van der Waals surface area contributed by atoms with E-state index in [4.69, 9.17) is 9.47 Å². The van der Waals surface area contributed by atoms with Crippen LogP contribution in [0.3, 0.4) is 0 Å². The molecule has 1 heterocycles. The smallest absolute Gasteiger partial charge is 0.223 e. The van der Waals surface area contributed by atoms with Gasteiger partial charge in [-0.15, -0.1) is 0 Å². The third-order valence-electron chi connectivity index (χ3n) is 5.04. The van der Waals surface area contributed by atoms with Crippen molar-refractivity contribution in [2.45, 2.75) is 32.1 Å². The van der Waals surface area contributed by atoms with Crippen molar-refractivity contribution in [3.63, 3.8) is 0 Å². The predicted molar refractivity (Wildman–Crippen MR) is 101 cm³/mol. The van der Waals surface area contributed by atoms with Crippen LogP contribution in [0.1, 0.15) is 42.5 Å². The summed E-state index contributed by atoms with van der Waals surface area (Å²) in [6, 6.07) is 5.09. The van der Waals surface area contributed by atoms with Crippen molar-refractivity contribution in [3.8, 4) is 11.5 Å². The standard InChI is InChI=1S/C20H30N2O4/c1-21-11-8-15-9-12-22(13-10-15)20(24)7-5-17(23)16-4-6-18(25-2)19(14-16)26-3/h4,6,14-15,21H,5,7-13H2,1-3H3. The number of amides is 1. The Labute approximate surface area is 155 Å². The van der Waals surface area contributed by atoms with Gasteiger partial charge in [0.2, 0.25) is 5.91 Å². The minimum Gasteiger partial charge on any atom is -0.493 e. The Morgan fingerprint density at radius 2 is 1.81 bits per heavy atom. The summed E-state index contributed by atoms with van der Waals surface area (Å²) in [4.78, 5) is 26.7. The lowest BCUT2D eigenvalue weighted by Crippen LogP contribution is -2.39. The van der Waals surface area contributed by atoms with Crippen molar-refractivity contribution in [1.29, 1.82) is 0 Å². The Morgan fingerprint density at radius 3 is 2.42 bits per heavy atom. The molecule has 1 saturated heterocycles. The monoisotopic (exact) mass is 362 g/mol. The number of ketones is 1. The Hall–Kier alpha value is -2.08. The predicted octanol–water partition coefficient (Wildman–Crippen LogP) is 2.51. The number of piperidine rings is 1. The average molecular weight is 362 g/mol. The topological polar surface area (TPSA) is 67.9 Å². The second kappa shape index (κ2) is 10.2. The highest BCUT2D eigenvalue weighted by atomic mass is 16.5. The number of carbonyl (C=O) groups is 2. The number of likely N-dealkylation sites (tertiary alicyclic amines) is 1. The molecule has 144 valence electrons. The van der Waals surface area contributed by atoms with Gasteiger partial charge in [-0.3, -0.25) is 9.59 Å². The van der Waals surface area contributed by atoms with Gasteiger partial charge in [-0.2, -0.15) is 0 Å². The molecule has 6 heteroatoms. The summed E-state index contributed by atoms with van der Waals surface area (Å²) in [5.41, 5.74) is 0.543. The maximum absolute atomic E-state index is 12.4. The van der Waals surface area contributed by atoms with E-state index in [1.807, 2.05) is 11.9 Å². The molecule has 2 rings (SSSR count). The molecule has 0 unspecified atom stereocenters. The molecule has 6 nitrogen and oxygen atoms in total. The van der Waals surface area contributed by atoms with E-state index in [2.05, 4.69) is 5.32 Å². The first kappa shape index (κ1) is 20.2. The normalized spacial score (nSPS) is 15.0. The number of carbonyl (C=O) groups excluding carboxylic acids is 2. The molecule has 26 heavy (non-hydrogen) atoms. The molecule has 1 fully saturated rings. The van der Waals surface area contributed by atoms with Gasteiger partial charge in [0.1, 0.15) is 0 Å². The number of nitrogens with zero attached hydrogens (tertiary/aromatic N) is 1. The van der Waals surface area contributed by atoms with Gasteiger partial charge in [0.15, 0.2) is 17.3 Å². The number of nitrogens with one attached hydrogen (secondary N) is 1. The average Bonchev–Trinajstić information content (AvgIpc) is 2.69. The number of hydrogen-bond acceptors (Lipinski definition) is 5. The quantitative estimate of drug-likeness (QED) is 0.684. The van der Waals surface area contributed by atoms with Gasteiger partial charge in [0, 0.05) is 31.5 Å². The van der Waals surface area contributed by atoms with Crippen LogP contribution in [0.15, 0.2) is 18.2 Å². The number of hydrogen-bond donors (Lipinski definition) is 1. The summed E-state index contributed by atoms with van der Waals surface area (Å²) >= 11 is 0. The summed E-state index contributed by atoms with van der Waals surface area (Å²) < 4.78 is 10.4. The summed E-state index contributed by atoms with van der Waals surface area (Å²) in [5.74, 6) is 1.82. The van der Waals surface area contributed by atoms with Gasteiger partial charge >= 0.3 is 0 Å². The van der Waals surface area contributed by atoms with Gasteiger partial charge in [-0.1, -0.05) is 0 Å². The Balaban J connectivity index is 1.81. The van der Waals surface area contributed by atoms with Crippen molar-refractivity contribution >= 4 is 11.7 Å². The van der Waals surface area contributed by atoms with E-state index in [-0.39, 0.29) is 24.5 Å². The highest BCUT2D eigenvalue weighted by Gasteiger charge is 2.23. The van der Waals surface area contributed by atoms with Crippen molar-refractivity contribution in [1.82, 2.24) is 10.2 Å². The zero-order chi connectivity index (χ0) is 18.9. The third-order valence-corrected chi connectivity index (χ3v) is 5.04. The van der Waals surface area contributed by atoms with E-state index in [0.717, 1.165) is 38.9 Å². The molecule has 1 aromatic carbocycles. The highest BCUT2D eigenvalue weighted by molar-refractivity contribution is 5.98. The number of Topliss-reactive ketones (excluding diaryl/α,β-unsaturated/α-hetero) is 1. The van der Waals surface area contributed by atoms with E-state index in [9.17, 15) is 9.59 Å². The van der Waals surface area contributed by atoms with E-state index >= 15 is 0 Å². The van der Waals surface area contributed by atoms with Gasteiger partial charge in [-0.05, 0) is 57.0 Å². The third kappa shape index (κ3) is 5.46. The number of rotatable bonds is 9. The first-order valence-corrected chi connectivity index (χ1v) is 9.26. The van der Waals surface area contributed by atoms with Crippen LogP contribution < -0.4 is 14.8 Å².